The van der Waals surface area contributed by atoms with Crippen LogP contribution in [0.3, 0.4) is 0 Å². The molecule has 5 nitrogen and oxygen atoms in total. The summed E-state index contributed by atoms with van der Waals surface area (Å²) in [6, 6.07) is 7.48. The maximum atomic E-state index is 8.90. The molecule has 0 aliphatic heterocycles. The highest BCUT2D eigenvalue weighted by molar-refractivity contribution is 9.10. The lowest BCUT2D eigenvalue weighted by Crippen LogP contribution is -2.07. The molecule has 0 aliphatic rings. The van der Waals surface area contributed by atoms with Crippen LogP contribution in [0, 0.1) is 0 Å². The van der Waals surface area contributed by atoms with Gasteiger partial charge in [-0.15, -0.1) is 0 Å². The molecule has 0 aliphatic carbocycles. The number of rotatable bonds is 4. The number of nitrogen functional groups attached to an aromatic ring is 1. The minimum absolute atomic E-state index is 0.0115. The third kappa shape index (κ3) is 2.49. The number of hydrogen-bond acceptors (Lipinski definition) is 4. The number of aliphatic hydroxyl groups excluding tert-OH is 1. The van der Waals surface area contributed by atoms with E-state index in [0.717, 1.165) is 21.5 Å². The van der Waals surface area contributed by atoms with Crippen LogP contribution in [0.1, 0.15) is 0 Å². The number of aromatic nitrogens is 2. The van der Waals surface area contributed by atoms with Gasteiger partial charge in [-0.25, -0.2) is 4.68 Å². The Morgan fingerprint density at radius 2 is 2.22 bits per heavy atom. The third-order valence-electron chi connectivity index (χ3n) is 2.57. The summed E-state index contributed by atoms with van der Waals surface area (Å²) in [7, 11) is 1.62. The van der Waals surface area contributed by atoms with Gasteiger partial charge in [0.2, 0.25) is 0 Å². The van der Waals surface area contributed by atoms with E-state index in [4.69, 9.17) is 15.6 Å². The number of aliphatic hydroxyl groups is 1. The Kier molecular flexibility index (Phi) is 3.88. The summed E-state index contributed by atoms with van der Waals surface area (Å²) in [4.78, 5) is 0. The van der Waals surface area contributed by atoms with Crippen LogP contribution in [-0.4, -0.2) is 28.6 Å². The molecular formula is C12H14BrN3O2. The first-order chi connectivity index (χ1) is 8.65. The molecule has 0 spiro atoms. The first-order valence-corrected chi connectivity index (χ1v) is 6.23. The highest BCUT2D eigenvalue weighted by Gasteiger charge is 2.09. The molecule has 2 rings (SSSR count). The average molecular weight is 312 g/mol. The molecule has 0 radical (unpaired) electrons. The smallest absolute Gasteiger partial charge is 0.133 e. The molecule has 0 unspecified atom stereocenters. The van der Waals surface area contributed by atoms with Crippen molar-refractivity contribution >= 4 is 21.7 Å². The van der Waals surface area contributed by atoms with E-state index in [9.17, 15) is 0 Å². The minimum Gasteiger partial charge on any atom is -0.496 e. The minimum atomic E-state index is 0.0115. The Balaban J connectivity index is 2.36. The van der Waals surface area contributed by atoms with Gasteiger partial charge in [-0.1, -0.05) is 0 Å². The van der Waals surface area contributed by atoms with Crippen molar-refractivity contribution in [2.24, 2.45) is 0 Å². The van der Waals surface area contributed by atoms with Crippen molar-refractivity contribution in [3.05, 3.63) is 28.7 Å². The number of methoxy groups -OCH3 is 1. The molecule has 6 heteroatoms. The second kappa shape index (κ2) is 5.41. The van der Waals surface area contributed by atoms with Gasteiger partial charge < -0.3 is 15.6 Å². The summed E-state index contributed by atoms with van der Waals surface area (Å²) < 4.78 is 7.61. The topological polar surface area (TPSA) is 73.3 Å². The molecule has 96 valence electrons. The van der Waals surface area contributed by atoms with E-state index in [1.165, 1.54) is 0 Å². The van der Waals surface area contributed by atoms with Crippen molar-refractivity contribution in [1.29, 1.82) is 0 Å². The van der Waals surface area contributed by atoms with Crippen molar-refractivity contribution in [2.75, 3.05) is 19.5 Å². The molecule has 1 heterocycles. The fourth-order valence-electron chi connectivity index (χ4n) is 1.67. The fourth-order valence-corrected chi connectivity index (χ4v) is 2.21. The molecule has 0 saturated carbocycles. The van der Waals surface area contributed by atoms with E-state index in [0.29, 0.717) is 12.4 Å². The maximum Gasteiger partial charge on any atom is 0.133 e. The largest absolute Gasteiger partial charge is 0.496 e. The first kappa shape index (κ1) is 12.9. The Morgan fingerprint density at radius 1 is 1.44 bits per heavy atom. The Labute approximate surface area is 113 Å². The lowest BCUT2D eigenvalue weighted by molar-refractivity contribution is 0.270. The molecule has 3 N–H and O–H groups in total. The van der Waals surface area contributed by atoms with Crippen LogP contribution < -0.4 is 10.5 Å². The van der Waals surface area contributed by atoms with Crippen LogP contribution in [0.15, 0.2) is 28.7 Å². The summed E-state index contributed by atoms with van der Waals surface area (Å²) in [5, 5.41) is 13.2. The Morgan fingerprint density at radius 3 is 2.83 bits per heavy atom. The monoisotopic (exact) mass is 311 g/mol. The van der Waals surface area contributed by atoms with Gasteiger partial charge in [-0.3, -0.25) is 0 Å². The summed E-state index contributed by atoms with van der Waals surface area (Å²) in [5.41, 5.74) is 7.52. The van der Waals surface area contributed by atoms with Crippen molar-refractivity contribution in [2.45, 2.75) is 6.54 Å². The fraction of sp³-hybridized carbons (Fsp3) is 0.250. The lowest BCUT2D eigenvalue weighted by atomic mass is 10.1. The molecule has 18 heavy (non-hydrogen) atoms. The number of benzene rings is 1. The van der Waals surface area contributed by atoms with E-state index in [1.807, 2.05) is 18.2 Å². The van der Waals surface area contributed by atoms with E-state index in [-0.39, 0.29) is 6.61 Å². The summed E-state index contributed by atoms with van der Waals surface area (Å²) >= 11 is 3.43. The van der Waals surface area contributed by atoms with E-state index in [2.05, 4.69) is 21.0 Å². The van der Waals surface area contributed by atoms with Crippen LogP contribution >= 0.6 is 15.9 Å². The van der Waals surface area contributed by atoms with E-state index >= 15 is 0 Å². The van der Waals surface area contributed by atoms with Gasteiger partial charge in [-0.2, -0.15) is 5.10 Å². The van der Waals surface area contributed by atoms with Gasteiger partial charge in [0.05, 0.1) is 30.4 Å². The average Bonchev–Trinajstić information content (AvgIpc) is 2.71. The van der Waals surface area contributed by atoms with Crippen LogP contribution in [0.25, 0.3) is 11.3 Å². The van der Waals surface area contributed by atoms with E-state index < -0.39 is 0 Å². The Hall–Kier alpha value is -1.53. The first-order valence-electron chi connectivity index (χ1n) is 5.44. The van der Waals surface area contributed by atoms with Crippen LogP contribution in [0.5, 0.6) is 5.75 Å². The normalized spacial score (nSPS) is 10.6. The Bertz CT molecular complexity index is 554. The van der Waals surface area contributed by atoms with Crippen molar-refractivity contribution in [1.82, 2.24) is 9.78 Å². The number of nitrogens with two attached hydrogens (primary N) is 1. The second-order valence-electron chi connectivity index (χ2n) is 3.75. The third-order valence-corrected chi connectivity index (χ3v) is 3.19. The van der Waals surface area contributed by atoms with Gasteiger partial charge in [0.15, 0.2) is 0 Å². The molecule has 0 atom stereocenters. The summed E-state index contributed by atoms with van der Waals surface area (Å²) in [6.45, 7) is 0.404. The SMILES string of the molecule is COc1ccc(-c2cc(N)n(CCO)n2)cc1Br. The number of hydrogen-bond donors (Lipinski definition) is 2. The van der Waals surface area contributed by atoms with Gasteiger partial charge in [0.25, 0.3) is 0 Å². The molecule has 2 aromatic rings. The number of nitrogens with zero attached hydrogens (tertiary/aromatic N) is 2. The van der Waals surface area contributed by atoms with Gasteiger partial charge in [0, 0.05) is 11.6 Å². The lowest BCUT2D eigenvalue weighted by Gasteiger charge is -2.04. The van der Waals surface area contributed by atoms with Crippen molar-refractivity contribution < 1.29 is 9.84 Å². The standard InChI is InChI=1S/C12H14BrN3O2/c1-18-11-3-2-8(6-9(11)13)10-7-12(14)16(15-10)4-5-17/h2-3,6-7,17H,4-5,14H2,1H3. The number of ether oxygens (including phenoxy) is 1. The zero-order chi connectivity index (χ0) is 13.1. The van der Waals surface area contributed by atoms with E-state index in [1.54, 1.807) is 17.9 Å². The second-order valence-corrected chi connectivity index (χ2v) is 4.60. The van der Waals surface area contributed by atoms with Crippen molar-refractivity contribution in [3.63, 3.8) is 0 Å². The predicted molar refractivity (Wildman–Crippen MR) is 73.4 cm³/mol. The molecule has 0 bridgehead atoms. The molecule has 1 aromatic carbocycles. The molecule has 1 aromatic heterocycles. The van der Waals surface area contributed by atoms with Crippen LogP contribution in [0.4, 0.5) is 5.82 Å². The van der Waals surface area contributed by atoms with Crippen LogP contribution in [0.2, 0.25) is 0 Å². The number of anilines is 1. The highest BCUT2D eigenvalue weighted by atomic mass is 79.9. The predicted octanol–water partition coefficient (Wildman–Crippen LogP) is 1.90. The van der Waals surface area contributed by atoms with Crippen LogP contribution in [-0.2, 0) is 6.54 Å². The highest BCUT2D eigenvalue weighted by Crippen LogP contribution is 2.30. The van der Waals surface area contributed by atoms with Gasteiger partial charge >= 0.3 is 0 Å². The molecule has 0 saturated heterocycles. The maximum absolute atomic E-state index is 8.90. The van der Waals surface area contributed by atoms with Gasteiger partial charge in [-0.05, 0) is 34.1 Å². The quantitative estimate of drug-likeness (QED) is 0.904. The zero-order valence-corrected chi connectivity index (χ0v) is 11.5. The summed E-state index contributed by atoms with van der Waals surface area (Å²) in [5.74, 6) is 1.30. The number of halogens is 1. The molecule has 0 amide bonds. The summed E-state index contributed by atoms with van der Waals surface area (Å²) in [6.07, 6.45) is 0. The molecular weight excluding hydrogens is 298 g/mol. The van der Waals surface area contributed by atoms with Gasteiger partial charge in [0.1, 0.15) is 11.6 Å². The molecule has 0 fully saturated rings. The zero-order valence-electron chi connectivity index (χ0n) is 9.93. The van der Waals surface area contributed by atoms with Crippen molar-refractivity contribution in [3.8, 4) is 17.0 Å².